The zero-order valence-corrected chi connectivity index (χ0v) is 14.1. The maximum Gasteiger partial charge on any atom is 0.254 e. The summed E-state index contributed by atoms with van der Waals surface area (Å²) in [5.74, 6) is 0.727. The van der Waals surface area contributed by atoms with Gasteiger partial charge in [-0.2, -0.15) is 0 Å². The summed E-state index contributed by atoms with van der Waals surface area (Å²) >= 11 is 0. The van der Waals surface area contributed by atoms with E-state index in [1.807, 2.05) is 54.6 Å². The number of ether oxygens (including phenoxy) is 1. The standard InChI is InChI=1S/C20H23NO3/c1-20(23,16-10-12-17(24-2)13-11-16)18-9-6-14-21(18)19(22)15-7-4-3-5-8-15/h3-5,7-8,10-13,18,23H,6,9,14H2,1-2H3/t18-,20+/m1/s1. The van der Waals surface area contributed by atoms with Gasteiger partial charge in [0.05, 0.1) is 13.2 Å². The maximum absolute atomic E-state index is 12.8. The molecule has 3 rings (SSSR count). The topological polar surface area (TPSA) is 49.8 Å². The second-order valence-corrected chi connectivity index (χ2v) is 6.40. The molecule has 126 valence electrons. The monoisotopic (exact) mass is 325 g/mol. The van der Waals surface area contributed by atoms with E-state index in [0.717, 1.165) is 24.2 Å². The second kappa shape index (κ2) is 6.65. The lowest BCUT2D eigenvalue weighted by Gasteiger charge is -2.37. The predicted octanol–water partition coefficient (Wildman–Crippen LogP) is 3.21. The first-order valence-electron chi connectivity index (χ1n) is 8.27. The zero-order chi connectivity index (χ0) is 17.2. The van der Waals surface area contributed by atoms with Crippen LogP contribution in [0.1, 0.15) is 35.7 Å². The Morgan fingerprint density at radius 2 is 1.83 bits per heavy atom. The summed E-state index contributed by atoms with van der Waals surface area (Å²) in [6.45, 7) is 2.46. The van der Waals surface area contributed by atoms with Crippen molar-refractivity contribution in [1.82, 2.24) is 4.90 Å². The van der Waals surface area contributed by atoms with E-state index in [-0.39, 0.29) is 11.9 Å². The molecule has 0 radical (unpaired) electrons. The van der Waals surface area contributed by atoms with Crippen LogP contribution in [-0.4, -0.2) is 35.6 Å². The molecule has 0 unspecified atom stereocenters. The number of amides is 1. The fourth-order valence-corrected chi connectivity index (χ4v) is 3.46. The van der Waals surface area contributed by atoms with Gasteiger partial charge in [-0.15, -0.1) is 0 Å². The van der Waals surface area contributed by atoms with Crippen molar-refractivity contribution in [1.29, 1.82) is 0 Å². The highest BCUT2D eigenvalue weighted by Crippen LogP contribution is 2.36. The van der Waals surface area contributed by atoms with Crippen LogP contribution in [0.25, 0.3) is 0 Å². The number of hydrogen-bond acceptors (Lipinski definition) is 3. The molecule has 0 bridgehead atoms. The smallest absolute Gasteiger partial charge is 0.254 e. The first-order valence-corrected chi connectivity index (χ1v) is 8.27. The third kappa shape index (κ3) is 3.02. The van der Waals surface area contributed by atoms with Gasteiger partial charge < -0.3 is 14.7 Å². The fourth-order valence-electron chi connectivity index (χ4n) is 3.46. The summed E-state index contributed by atoms with van der Waals surface area (Å²) in [5.41, 5.74) is 0.351. The third-order valence-corrected chi connectivity index (χ3v) is 4.86. The number of rotatable bonds is 4. The van der Waals surface area contributed by atoms with Crippen molar-refractivity contribution in [2.75, 3.05) is 13.7 Å². The Labute approximate surface area is 142 Å². The summed E-state index contributed by atoms with van der Waals surface area (Å²) in [5, 5.41) is 11.2. The van der Waals surface area contributed by atoms with Crippen molar-refractivity contribution in [3.05, 3.63) is 65.7 Å². The average molecular weight is 325 g/mol. The van der Waals surface area contributed by atoms with Gasteiger partial charge in [0.1, 0.15) is 11.4 Å². The molecule has 2 aromatic carbocycles. The van der Waals surface area contributed by atoms with Crippen LogP contribution >= 0.6 is 0 Å². The lowest BCUT2D eigenvalue weighted by molar-refractivity contribution is -0.0177. The van der Waals surface area contributed by atoms with E-state index in [9.17, 15) is 9.90 Å². The molecule has 0 aromatic heterocycles. The SMILES string of the molecule is COc1ccc([C@](C)(O)[C@H]2CCCN2C(=O)c2ccccc2)cc1. The number of hydrogen-bond donors (Lipinski definition) is 1. The molecule has 1 aliphatic rings. The molecule has 4 nitrogen and oxygen atoms in total. The second-order valence-electron chi connectivity index (χ2n) is 6.40. The Hall–Kier alpha value is -2.33. The van der Waals surface area contributed by atoms with Crippen LogP contribution in [0.5, 0.6) is 5.75 Å². The molecule has 1 amide bonds. The minimum absolute atomic E-state index is 0.0214. The summed E-state index contributed by atoms with van der Waals surface area (Å²) in [7, 11) is 1.62. The highest BCUT2D eigenvalue weighted by Gasteiger charge is 2.42. The molecule has 24 heavy (non-hydrogen) atoms. The minimum atomic E-state index is -1.10. The molecule has 1 aliphatic heterocycles. The number of likely N-dealkylation sites (tertiary alicyclic amines) is 1. The van der Waals surface area contributed by atoms with Gasteiger partial charge in [-0.25, -0.2) is 0 Å². The molecule has 1 heterocycles. The predicted molar refractivity (Wildman–Crippen MR) is 93.1 cm³/mol. The van der Waals surface area contributed by atoms with Gasteiger partial charge in [-0.3, -0.25) is 4.79 Å². The van der Waals surface area contributed by atoms with E-state index in [2.05, 4.69) is 0 Å². The third-order valence-electron chi connectivity index (χ3n) is 4.86. The Morgan fingerprint density at radius 1 is 1.17 bits per heavy atom. The van der Waals surface area contributed by atoms with Crippen LogP contribution in [0.15, 0.2) is 54.6 Å². The number of nitrogens with zero attached hydrogens (tertiary/aromatic N) is 1. The van der Waals surface area contributed by atoms with E-state index >= 15 is 0 Å². The largest absolute Gasteiger partial charge is 0.497 e. The molecule has 1 fully saturated rings. The number of carbonyl (C=O) groups is 1. The first-order chi connectivity index (χ1) is 11.5. The fraction of sp³-hybridized carbons (Fsp3) is 0.350. The first kappa shape index (κ1) is 16.5. The van der Waals surface area contributed by atoms with Gasteiger partial charge in [0.15, 0.2) is 0 Å². The molecule has 2 atom stereocenters. The van der Waals surface area contributed by atoms with Gasteiger partial charge in [0, 0.05) is 12.1 Å². The lowest BCUT2D eigenvalue weighted by atomic mass is 9.86. The maximum atomic E-state index is 12.8. The van der Waals surface area contributed by atoms with Crippen LogP contribution < -0.4 is 4.74 Å². The van der Waals surface area contributed by atoms with Gasteiger partial charge in [-0.05, 0) is 49.6 Å². The summed E-state index contributed by atoms with van der Waals surface area (Å²) in [6.07, 6.45) is 1.69. The lowest BCUT2D eigenvalue weighted by Crippen LogP contribution is -2.48. The Kier molecular flexibility index (Phi) is 4.58. The summed E-state index contributed by atoms with van der Waals surface area (Å²) < 4.78 is 5.18. The van der Waals surface area contributed by atoms with Crippen LogP contribution in [-0.2, 0) is 5.60 Å². The summed E-state index contributed by atoms with van der Waals surface area (Å²) in [4.78, 5) is 14.6. The zero-order valence-electron chi connectivity index (χ0n) is 14.1. The number of aliphatic hydroxyl groups is 1. The number of methoxy groups -OCH3 is 1. The van der Waals surface area contributed by atoms with Gasteiger partial charge >= 0.3 is 0 Å². The molecule has 0 spiro atoms. The molecule has 4 heteroatoms. The van der Waals surface area contributed by atoms with Gasteiger partial charge in [0.2, 0.25) is 0 Å². The highest BCUT2D eigenvalue weighted by atomic mass is 16.5. The molecule has 2 aromatic rings. The molecule has 1 saturated heterocycles. The molecule has 0 saturated carbocycles. The highest BCUT2D eigenvalue weighted by molar-refractivity contribution is 5.94. The molecule has 1 N–H and O–H groups in total. The van der Waals surface area contributed by atoms with Gasteiger partial charge in [-0.1, -0.05) is 30.3 Å². The average Bonchev–Trinajstić information content (AvgIpc) is 3.12. The van der Waals surface area contributed by atoms with Crippen molar-refractivity contribution >= 4 is 5.91 Å². The van der Waals surface area contributed by atoms with E-state index in [1.165, 1.54) is 0 Å². The van der Waals surface area contributed by atoms with Crippen molar-refractivity contribution in [2.45, 2.75) is 31.4 Å². The van der Waals surface area contributed by atoms with Crippen molar-refractivity contribution in [3.63, 3.8) is 0 Å². The minimum Gasteiger partial charge on any atom is -0.497 e. The van der Waals surface area contributed by atoms with Crippen LogP contribution in [0.3, 0.4) is 0 Å². The van der Waals surface area contributed by atoms with E-state index in [0.29, 0.717) is 12.1 Å². The molecule has 0 aliphatic carbocycles. The Bertz CT molecular complexity index is 695. The Balaban J connectivity index is 1.87. The van der Waals surface area contributed by atoms with Crippen LogP contribution in [0.2, 0.25) is 0 Å². The van der Waals surface area contributed by atoms with Crippen molar-refractivity contribution in [3.8, 4) is 5.75 Å². The molecular formula is C20H23NO3. The quantitative estimate of drug-likeness (QED) is 0.939. The van der Waals surface area contributed by atoms with E-state index < -0.39 is 5.60 Å². The van der Waals surface area contributed by atoms with Crippen LogP contribution in [0.4, 0.5) is 0 Å². The van der Waals surface area contributed by atoms with Crippen molar-refractivity contribution in [2.24, 2.45) is 0 Å². The number of carbonyl (C=O) groups excluding carboxylic acids is 1. The van der Waals surface area contributed by atoms with Crippen LogP contribution in [0, 0.1) is 0 Å². The van der Waals surface area contributed by atoms with Crippen molar-refractivity contribution < 1.29 is 14.6 Å². The molecular weight excluding hydrogens is 302 g/mol. The van der Waals surface area contributed by atoms with Gasteiger partial charge in [0.25, 0.3) is 5.91 Å². The number of benzene rings is 2. The Morgan fingerprint density at radius 3 is 2.46 bits per heavy atom. The van der Waals surface area contributed by atoms with E-state index in [1.54, 1.807) is 18.9 Å². The van der Waals surface area contributed by atoms with E-state index in [4.69, 9.17) is 4.74 Å². The normalized spacial score (nSPS) is 19.8. The summed E-state index contributed by atoms with van der Waals surface area (Å²) in [6, 6.07) is 16.4.